The van der Waals surface area contributed by atoms with Crippen molar-refractivity contribution >= 4 is 34.6 Å². The van der Waals surface area contributed by atoms with E-state index in [4.69, 9.17) is 16.3 Å². The van der Waals surface area contributed by atoms with Gasteiger partial charge in [0.2, 0.25) is 5.78 Å². The van der Waals surface area contributed by atoms with Gasteiger partial charge in [0.1, 0.15) is 5.75 Å². The van der Waals surface area contributed by atoms with Crippen molar-refractivity contribution < 1.29 is 19.4 Å². The predicted molar refractivity (Wildman–Crippen MR) is 123 cm³/mol. The monoisotopic (exact) mass is 468 g/mol. The molecule has 8 heteroatoms. The molecular formula is C24H21ClN2O4S. The summed E-state index contributed by atoms with van der Waals surface area (Å²) in [6.45, 7) is 3.77. The number of carbonyl (C=O) groups excluding carboxylic acids is 2. The molecule has 1 aromatic heterocycles. The van der Waals surface area contributed by atoms with Crippen LogP contribution in [0.2, 0.25) is 5.02 Å². The van der Waals surface area contributed by atoms with E-state index in [0.717, 1.165) is 10.6 Å². The van der Waals surface area contributed by atoms with Crippen LogP contribution in [0.1, 0.15) is 37.5 Å². The third-order valence-corrected chi connectivity index (χ3v) is 6.68. The van der Waals surface area contributed by atoms with Gasteiger partial charge in [-0.1, -0.05) is 35.9 Å². The Morgan fingerprint density at radius 1 is 1.16 bits per heavy atom. The van der Waals surface area contributed by atoms with E-state index >= 15 is 0 Å². The number of benzene rings is 2. The summed E-state index contributed by atoms with van der Waals surface area (Å²) in [5, 5.41) is 12.1. The topological polar surface area (TPSA) is 79.7 Å². The molecule has 0 spiro atoms. The third-order valence-electron chi connectivity index (χ3n) is 5.36. The average Bonchev–Trinajstić information content (AvgIpc) is 3.25. The van der Waals surface area contributed by atoms with E-state index < -0.39 is 23.5 Å². The Hall–Kier alpha value is -3.16. The molecule has 3 aromatic rings. The second-order valence-corrected chi connectivity index (χ2v) is 9.11. The van der Waals surface area contributed by atoms with E-state index in [-0.39, 0.29) is 12.1 Å². The lowest BCUT2D eigenvalue weighted by Crippen LogP contribution is -2.30. The first-order valence-electron chi connectivity index (χ1n) is 9.91. The van der Waals surface area contributed by atoms with Crippen LogP contribution in [0.25, 0.3) is 0 Å². The number of ketones is 1. The minimum absolute atomic E-state index is 0.0533. The van der Waals surface area contributed by atoms with Gasteiger partial charge in [0.25, 0.3) is 5.91 Å². The standard InChI is InChI=1S/C24H21ClN2O4S/c1-13-23(32-14(2)26-13)21(28)19-20(16-6-8-17(25)9-7-16)27(24(30)22(19)29)12-15-4-10-18(31-3)11-5-15/h4-11,20,29H,12H2,1-3H3. The Labute approximate surface area is 194 Å². The smallest absolute Gasteiger partial charge is 0.290 e. The average molecular weight is 469 g/mol. The van der Waals surface area contributed by atoms with Crippen LogP contribution in [0.15, 0.2) is 59.9 Å². The van der Waals surface area contributed by atoms with Gasteiger partial charge < -0.3 is 14.7 Å². The van der Waals surface area contributed by atoms with Crippen molar-refractivity contribution in [3.8, 4) is 5.75 Å². The second-order valence-electron chi connectivity index (χ2n) is 7.47. The van der Waals surface area contributed by atoms with Crippen molar-refractivity contribution in [3.63, 3.8) is 0 Å². The molecule has 0 aliphatic carbocycles. The van der Waals surface area contributed by atoms with E-state index in [1.807, 2.05) is 19.1 Å². The number of ether oxygens (including phenoxy) is 1. The number of aliphatic hydroxyl groups excluding tert-OH is 1. The van der Waals surface area contributed by atoms with Crippen LogP contribution in [-0.4, -0.2) is 33.8 Å². The van der Waals surface area contributed by atoms with Gasteiger partial charge in [-0.15, -0.1) is 11.3 Å². The number of hydrogen-bond acceptors (Lipinski definition) is 6. The molecule has 0 bridgehead atoms. The zero-order valence-corrected chi connectivity index (χ0v) is 19.3. The van der Waals surface area contributed by atoms with E-state index in [1.54, 1.807) is 50.4 Å². The van der Waals surface area contributed by atoms with E-state index in [1.165, 1.54) is 16.2 Å². The lowest BCUT2D eigenvalue weighted by atomic mass is 9.95. The number of carbonyl (C=O) groups is 2. The van der Waals surface area contributed by atoms with E-state index in [9.17, 15) is 14.7 Å². The summed E-state index contributed by atoms with van der Waals surface area (Å²) in [6.07, 6.45) is 0. The molecule has 6 nitrogen and oxygen atoms in total. The Balaban J connectivity index is 1.78. The summed E-state index contributed by atoms with van der Waals surface area (Å²) < 4.78 is 5.20. The normalized spacial score (nSPS) is 16.1. The van der Waals surface area contributed by atoms with Crippen LogP contribution in [0.3, 0.4) is 0 Å². The Morgan fingerprint density at radius 2 is 1.81 bits per heavy atom. The van der Waals surface area contributed by atoms with Crippen LogP contribution in [-0.2, 0) is 11.3 Å². The first-order valence-corrected chi connectivity index (χ1v) is 11.1. The number of halogens is 1. The fourth-order valence-electron chi connectivity index (χ4n) is 3.83. The summed E-state index contributed by atoms with van der Waals surface area (Å²) in [5.74, 6) is -0.823. The van der Waals surface area contributed by atoms with Gasteiger partial charge in [0.05, 0.1) is 34.3 Å². The second kappa shape index (κ2) is 8.76. The maximum Gasteiger partial charge on any atom is 0.290 e. The molecular weight excluding hydrogens is 448 g/mol. The molecule has 0 radical (unpaired) electrons. The van der Waals surface area contributed by atoms with Crippen LogP contribution in [0, 0.1) is 13.8 Å². The summed E-state index contributed by atoms with van der Waals surface area (Å²) in [6, 6.07) is 13.5. The molecule has 1 aliphatic rings. The molecule has 0 saturated carbocycles. The fraction of sp³-hybridized carbons (Fsp3) is 0.208. The molecule has 32 heavy (non-hydrogen) atoms. The van der Waals surface area contributed by atoms with Crippen molar-refractivity contribution in [3.05, 3.63) is 91.6 Å². The van der Waals surface area contributed by atoms with Crippen molar-refractivity contribution in [2.75, 3.05) is 7.11 Å². The number of Topliss-reactive ketones (excluding diaryl/α,β-unsaturated/α-hetero) is 1. The minimum atomic E-state index is -0.754. The Morgan fingerprint density at radius 3 is 2.38 bits per heavy atom. The van der Waals surface area contributed by atoms with E-state index in [0.29, 0.717) is 26.9 Å². The minimum Gasteiger partial charge on any atom is -0.503 e. The van der Waals surface area contributed by atoms with Gasteiger partial charge in [0.15, 0.2) is 5.76 Å². The molecule has 1 N–H and O–H groups in total. The van der Waals surface area contributed by atoms with Crippen LogP contribution < -0.4 is 4.74 Å². The molecule has 2 aromatic carbocycles. The summed E-state index contributed by atoms with van der Waals surface area (Å²) in [5.41, 5.74) is 2.15. The largest absolute Gasteiger partial charge is 0.503 e. The Kier molecular flexibility index (Phi) is 6.04. The highest BCUT2D eigenvalue weighted by molar-refractivity contribution is 7.14. The summed E-state index contributed by atoms with van der Waals surface area (Å²) in [7, 11) is 1.58. The number of aliphatic hydroxyl groups is 1. The number of amides is 1. The zero-order valence-electron chi connectivity index (χ0n) is 17.8. The van der Waals surface area contributed by atoms with Gasteiger partial charge in [-0.2, -0.15) is 0 Å². The molecule has 4 rings (SSSR count). The van der Waals surface area contributed by atoms with Gasteiger partial charge in [0, 0.05) is 11.6 Å². The first kappa shape index (κ1) is 22.0. The maximum absolute atomic E-state index is 13.5. The summed E-state index contributed by atoms with van der Waals surface area (Å²) in [4.78, 5) is 32.9. The Bertz CT molecular complexity index is 1220. The van der Waals surface area contributed by atoms with Crippen molar-refractivity contribution in [1.29, 1.82) is 0 Å². The van der Waals surface area contributed by atoms with Gasteiger partial charge >= 0.3 is 0 Å². The molecule has 1 unspecified atom stereocenters. The SMILES string of the molecule is COc1ccc(CN2C(=O)C(O)=C(C(=O)c3sc(C)nc3C)C2c2ccc(Cl)cc2)cc1. The van der Waals surface area contributed by atoms with Gasteiger partial charge in [-0.3, -0.25) is 9.59 Å². The highest BCUT2D eigenvalue weighted by Crippen LogP contribution is 2.41. The van der Waals surface area contributed by atoms with E-state index in [2.05, 4.69) is 4.98 Å². The number of hydrogen-bond donors (Lipinski definition) is 1. The first-order chi connectivity index (χ1) is 15.3. The number of aromatic nitrogens is 1. The molecule has 0 saturated heterocycles. The molecule has 164 valence electrons. The third kappa shape index (κ3) is 4.01. The van der Waals surface area contributed by atoms with Gasteiger partial charge in [-0.25, -0.2) is 4.98 Å². The van der Waals surface area contributed by atoms with Crippen LogP contribution in [0.4, 0.5) is 0 Å². The molecule has 1 aliphatic heterocycles. The number of rotatable bonds is 6. The van der Waals surface area contributed by atoms with Crippen LogP contribution in [0.5, 0.6) is 5.75 Å². The number of aryl methyl sites for hydroxylation is 2. The lowest BCUT2D eigenvalue weighted by molar-refractivity contribution is -0.130. The lowest BCUT2D eigenvalue weighted by Gasteiger charge is -2.27. The summed E-state index contributed by atoms with van der Waals surface area (Å²) >= 11 is 7.31. The molecule has 1 amide bonds. The highest BCUT2D eigenvalue weighted by atomic mass is 35.5. The quantitative estimate of drug-likeness (QED) is 0.503. The maximum atomic E-state index is 13.5. The van der Waals surface area contributed by atoms with Crippen molar-refractivity contribution in [2.24, 2.45) is 0 Å². The van der Waals surface area contributed by atoms with Crippen LogP contribution >= 0.6 is 22.9 Å². The van der Waals surface area contributed by atoms with Crippen molar-refractivity contribution in [2.45, 2.75) is 26.4 Å². The number of nitrogens with zero attached hydrogens (tertiary/aromatic N) is 2. The number of methoxy groups -OCH3 is 1. The molecule has 0 fully saturated rings. The van der Waals surface area contributed by atoms with Crippen molar-refractivity contribution in [1.82, 2.24) is 9.88 Å². The number of thiazole rings is 1. The zero-order chi connectivity index (χ0) is 23.0. The molecule has 1 atom stereocenters. The highest BCUT2D eigenvalue weighted by Gasteiger charge is 2.44. The fourth-order valence-corrected chi connectivity index (χ4v) is 4.83. The molecule has 2 heterocycles. The predicted octanol–water partition coefficient (Wildman–Crippen LogP) is 5.20. The van der Waals surface area contributed by atoms with Gasteiger partial charge in [-0.05, 0) is 49.2 Å².